The largest absolute Gasteiger partial charge is 0.490 e. The van der Waals surface area contributed by atoms with Crippen molar-refractivity contribution in [1.29, 1.82) is 0 Å². The standard InChI is InChI=1S/C15H14F2N2O2/c16-10-5-6-12(17)11(9-10)15(20)19-13-3-1-2-4-14(13)21-8-7-18/h1-6,9H,7-8,18H2,(H,19,20). The van der Waals surface area contributed by atoms with Crippen molar-refractivity contribution >= 4 is 11.6 Å². The summed E-state index contributed by atoms with van der Waals surface area (Å²) in [5.41, 5.74) is 5.34. The van der Waals surface area contributed by atoms with Crippen molar-refractivity contribution in [2.45, 2.75) is 0 Å². The molecule has 6 heteroatoms. The van der Waals surface area contributed by atoms with Crippen molar-refractivity contribution in [3.63, 3.8) is 0 Å². The van der Waals surface area contributed by atoms with Gasteiger partial charge in [0.05, 0.1) is 11.3 Å². The Balaban J connectivity index is 2.21. The van der Waals surface area contributed by atoms with Gasteiger partial charge in [-0.25, -0.2) is 8.78 Å². The number of hydrogen-bond acceptors (Lipinski definition) is 3. The Morgan fingerprint density at radius 3 is 2.71 bits per heavy atom. The summed E-state index contributed by atoms with van der Waals surface area (Å²) in [5, 5.41) is 2.49. The van der Waals surface area contributed by atoms with Crippen LogP contribution in [0.3, 0.4) is 0 Å². The molecular weight excluding hydrogens is 278 g/mol. The van der Waals surface area contributed by atoms with E-state index in [0.29, 0.717) is 18.0 Å². The third-order valence-electron chi connectivity index (χ3n) is 2.68. The van der Waals surface area contributed by atoms with Gasteiger partial charge in [0.15, 0.2) is 0 Å². The van der Waals surface area contributed by atoms with E-state index in [1.54, 1.807) is 24.3 Å². The van der Waals surface area contributed by atoms with Gasteiger partial charge in [-0.05, 0) is 30.3 Å². The zero-order valence-corrected chi connectivity index (χ0v) is 11.1. The maximum atomic E-state index is 13.6. The average Bonchev–Trinajstić information content (AvgIpc) is 2.48. The second kappa shape index (κ2) is 6.81. The van der Waals surface area contributed by atoms with Gasteiger partial charge in [0.1, 0.15) is 24.0 Å². The van der Waals surface area contributed by atoms with Gasteiger partial charge in [0.2, 0.25) is 0 Å². The van der Waals surface area contributed by atoms with Crippen LogP contribution in [0.4, 0.5) is 14.5 Å². The second-order valence-electron chi connectivity index (χ2n) is 4.21. The SMILES string of the molecule is NCCOc1ccccc1NC(=O)c1cc(F)ccc1F. The van der Waals surface area contributed by atoms with Crippen LogP contribution in [0.5, 0.6) is 5.75 Å². The lowest BCUT2D eigenvalue weighted by Gasteiger charge is -2.12. The molecule has 0 aliphatic rings. The van der Waals surface area contributed by atoms with Gasteiger partial charge < -0.3 is 15.8 Å². The molecule has 2 aromatic carbocycles. The first-order chi connectivity index (χ1) is 10.1. The molecule has 21 heavy (non-hydrogen) atoms. The van der Waals surface area contributed by atoms with Crippen LogP contribution in [0.2, 0.25) is 0 Å². The highest BCUT2D eigenvalue weighted by molar-refractivity contribution is 6.05. The first-order valence-electron chi connectivity index (χ1n) is 6.30. The van der Waals surface area contributed by atoms with Crippen molar-refractivity contribution in [3.8, 4) is 5.75 Å². The molecule has 0 unspecified atom stereocenters. The van der Waals surface area contributed by atoms with Crippen LogP contribution >= 0.6 is 0 Å². The Labute approximate surface area is 120 Å². The fourth-order valence-corrected chi connectivity index (χ4v) is 1.73. The topological polar surface area (TPSA) is 64.3 Å². The third-order valence-corrected chi connectivity index (χ3v) is 2.68. The summed E-state index contributed by atoms with van der Waals surface area (Å²) < 4.78 is 32.0. The maximum Gasteiger partial charge on any atom is 0.258 e. The lowest BCUT2D eigenvalue weighted by atomic mass is 10.2. The van der Waals surface area contributed by atoms with Crippen molar-refractivity contribution < 1.29 is 18.3 Å². The number of para-hydroxylation sites is 2. The number of nitrogens with one attached hydrogen (secondary N) is 1. The number of nitrogens with two attached hydrogens (primary N) is 1. The predicted molar refractivity (Wildman–Crippen MR) is 75.3 cm³/mol. The summed E-state index contributed by atoms with van der Waals surface area (Å²) in [6.45, 7) is 0.599. The fourth-order valence-electron chi connectivity index (χ4n) is 1.73. The Morgan fingerprint density at radius 2 is 1.95 bits per heavy atom. The normalized spacial score (nSPS) is 10.2. The molecule has 4 nitrogen and oxygen atoms in total. The van der Waals surface area contributed by atoms with Crippen molar-refractivity contribution in [1.82, 2.24) is 0 Å². The summed E-state index contributed by atoms with van der Waals surface area (Å²) in [6, 6.07) is 9.35. The van der Waals surface area contributed by atoms with Crippen molar-refractivity contribution in [2.24, 2.45) is 5.73 Å². The molecule has 2 rings (SSSR count). The lowest BCUT2D eigenvalue weighted by molar-refractivity contribution is 0.102. The van der Waals surface area contributed by atoms with E-state index in [1.165, 1.54) is 0 Å². The first kappa shape index (κ1) is 14.9. The number of anilines is 1. The zero-order chi connectivity index (χ0) is 15.2. The molecule has 2 aromatic rings. The van der Waals surface area contributed by atoms with Crippen LogP contribution in [0.25, 0.3) is 0 Å². The molecule has 0 fully saturated rings. The van der Waals surface area contributed by atoms with Crippen LogP contribution in [0, 0.1) is 11.6 Å². The highest BCUT2D eigenvalue weighted by Crippen LogP contribution is 2.24. The molecule has 0 heterocycles. The molecule has 0 aliphatic heterocycles. The highest BCUT2D eigenvalue weighted by Gasteiger charge is 2.14. The first-order valence-corrected chi connectivity index (χ1v) is 6.30. The van der Waals surface area contributed by atoms with E-state index in [0.717, 1.165) is 18.2 Å². The molecular formula is C15H14F2N2O2. The van der Waals surface area contributed by atoms with Crippen molar-refractivity contribution in [3.05, 3.63) is 59.7 Å². The molecule has 3 N–H and O–H groups in total. The highest BCUT2D eigenvalue weighted by atomic mass is 19.1. The Kier molecular flexibility index (Phi) is 4.84. The number of rotatable bonds is 5. The number of benzene rings is 2. The van der Waals surface area contributed by atoms with Crippen LogP contribution in [-0.2, 0) is 0 Å². The van der Waals surface area contributed by atoms with Crippen LogP contribution in [0.1, 0.15) is 10.4 Å². The predicted octanol–water partition coefficient (Wildman–Crippen LogP) is 2.55. The summed E-state index contributed by atoms with van der Waals surface area (Å²) in [4.78, 5) is 12.0. The van der Waals surface area contributed by atoms with E-state index in [4.69, 9.17) is 10.5 Å². The Hall–Kier alpha value is -2.47. The molecule has 0 aromatic heterocycles. The van der Waals surface area contributed by atoms with Gasteiger partial charge in [-0.15, -0.1) is 0 Å². The average molecular weight is 292 g/mol. The molecule has 0 spiro atoms. The van der Waals surface area contributed by atoms with Gasteiger partial charge >= 0.3 is 0 Å². The fraction of sp³-hybridized carbons (Fsp3) is 0.133. The number of hydrogen-bond donors (Lipinski definition) is 2. The van der Waals surface area contributed by atoms with Gasteiger partial charge in [0.25, 0.3) is 5.91 Å². The van der Waals surface area contributed by atoms with Crippen LogP contribution in [0.15, 0.2) is 42.5 Å². The Bertz CT molecular complexity index is 647. The third kappa shape index (κ3) is 3.76. The van der Waals surface area contributed by atoms with Gasteiger partial charge in [-0.1, -0.05) is 12.1 Å². The second-order valence-corrected chi connectivity index (χ2v) is 4.21. The summed E-state index contributed by atoms with van der Waals surface area (Å²) in [7, 11) is 0. The maximum absolute atomic E-state index is 13.6. The monoisotopic (exact) mass is 292 g/mol. The van der Waals surface area contributed by atoms with Gasteiger partial charge in [0, 0.05) is 6.54 Å². The van der Waals surface area contributed by atoms with E-state index < -0.39 is 17.5 Å². The van der Waals surface area contributed by atoms with E-state index in [-0.39, 0.29) is 12.2 Å². The molecule has 0 aliphatic carbocycles. The summed E-state index contributed by atoms with van der Waals surface area (Å²) >= 11 is 0. The number of ether oxygens (including phenoxy) is 1. The van der Waals surface area contributed by atoms with Gasteiger partial charge in [-0.2, -0.15) is 0 Å². The Morgan fingerprint density at radius 1 is 1.19 bits per heavy atom. The number of carbonyl (C=O) groups is 1. The zero-order valence-electron chi connectivity index (χ0n) is 11.1. The van der Waals surface area contributed by atoms with E-state index in [1.807, 2.05) is 0 Å². The van der Waals surface area contributed by atoms with E-state index >= 15 is 0 Å². The van der Waals surface area contributed by atoms with Gasteiger partial charge in [-0.3, -0.25) is 4.79 Å². The minimum absolute atomic E-state index is 0.279. The molecule has 0 atom stereocenters. The smallest absolute Gasteiger partial charge is 0.258 e. The summed E-state index contributed by atoms with van der Waals surface area (Å²) in [6.07, 6.45) is 0. The lowest BCUT2D eigenvalue weighted by Crippen LogP contribution is -2.16. The van der Waals surface area contributed by atoms with E-state index in [9.17, 15) is 13.6 Å². The van der Waals surface area contributed by atoms with Crippen molar-refractivity contribution in [2.75, 3.05) is 18.5 Å². The van der Waals surface area contributed by atoms with Crippen LogP contribution in [-0.4, -0.2) is 19.1 Å². The molecule has 1 amide bonds. The number of halogens is 2. The minimum atomic E-state index is -0.797. The molecule has 110 valence electrons. The number of amides is 1. The van der Waals surface area contributed by atoms with Crippen LogP contribution < -0.4 is 15.8 Å². The molecule has 0 saturated heterocycles. The quantitative estimate of drug-likeness (QED) is 0.890. The number of carbonyl (C=O) groups excluding carboxylic acids is 1. The molecule has 0 saturated carbocycles. The molecule has 0 bridgehead atoms. The summed E-state index contributed by atoms with van der Waals surface area (Å²) in [5.74, 6) is -1.83. The molecule has 0 radical (unpaired) electrons. The van der Waals surface area contributed by atoms with E-state index in [2.05, 4.69) is 5.32 Å². The minimum Gasteiger partial charge on any atom is -0.490 e.